The third-order valence-electron chi connectivity index (χ3n) is 4.87. The van der Waals surface area contributed by atoms with Gasteiger partial charge in [-0.25, -0.2) is 12.8 Å². The van der Waals surface area contributed by atoms with E-state index in [2.05, 4.69) is 5.32 Å². The second-order valence-corrected chi connectivity index (χ2v) is 12.2. The number of halogens is 4. The van der Waals surface area contributed by atoms with Crippen LogP contribution in [0.4, 0.5) is 10.1 Å². The van der Waals surface area contributed by atoms with E-state index >= 15 is 0 Å². The molecule has 192 valence electrons. The molecule has 1 atom stereocenters. The lowest BCUT2D eigenvalue weighted by molar-refractivity contribution is -0.140. The molecule has 0 aliphatic heterocycles. The molecule has 1 N–H and O–H groups in total. The zero-order chi connectivity index (χ0) is 26.7. The maximum absolute atomic E-state index is 13.5. The molecule has 0 fully saturated rings. The van der Waals surface area contributed by atoms with E-state index in [9.17, 15) is 22.4 Å². The highest BCUT2D eigenvalue weighted by molar-refractivity contribution is 7.92. The molecule has 0 radical (unpaired) electrons. The Kier molecular flexibility index (Phi) is 9.44. The quantitative estimate of drug-likeness (QED) is 0.461. The Morgan fingerprint density at radius 1 is 1.03 bits per heavy atom. The number of carbonyl (C=O) groups excluding carboxylic acids is 2. The fraction of sp³-hybridized carbons (Fsp3) is 0.391. The number of anilines is 1. The second kappa shape index (κ2) is 11.3. The standard InChI is InChI=1S/C23H27Cl3FN3O4S/c1-14(22(32)28-23(2,3)4)29(12-15-6-8-16(27)9-7-15)21(31)13-30(35(5,33)34)20-11-18(25)17(24)10-19(20)26/h6-11,14H,12-13H2,1-5H3,(H,28,32)/t14-/m1/s1. The van der Waals surface area contributed by atoms with E-state index in [4.69, 9.17) is 34.8 Å². The number of benzene rings is 2. The highest BCUT2D eigenvalue weighted by Crippen LogP contribution is 2.35. The van der Waals surface area contributed by atoms with Gasteiger partial charge in [-0.3, -0.25) is 13.9 Å². The largest absolute Gasteiger partial charge is 0.350 e. The first-order valence-electron chi connectivity index (χ1n) is 10.5. The first-order chi connectivity index (χ1) is 16.0. The Morgan fingerprint density at radius 3 is 2.09 bits per heavy atom. The van der Waals surface area contributed by atoms with Crippen molar-refractivity contribution in [3.63, 3.8) is 0 Å². The number of sulfonamides is 1. The summed E-state index contributed by atoms with van der Waals surface area (Å²) in [6, 6.07) is 6.98. The fourth-order valence-corrected chi connectivity index (χ4v) is 4.69. The first kappa shape index (κ1) is 29.2. The summed E-state index contributed by atoms with van der Waals surface area (Å²) in [4.78, 5) is 27.6. The lowest BCUT2D eigenvalue weighted by atomic mass is 10.1. The van der Waals surface area contributed by atoms with Crippen LogP contribution in [-0.4, -0.2) is 49.5 Å². The van der Waals surface area contributed by atoms with Gasteiger partial charge in [0.15, 0.2) is 0 Å². The van der Waals surface area contributed by atoms with Gasteiger partial charge in [0, 0.05) is 12.1 Å². The molecule has 0 aliphatic rings. The number of hydrogen-bond donors (Lipinski definition) is 1. The van der Waals surface area contributed by atoms with Crippen molar-refractivity contribution < 1.29 is 22.4 Å². The Bertz CT molecular complexity index is 1200. The van der Waals surface area contributed by atoms with E-state index in [1.165, 1.54) is 48.2 Å². The Hall–Kier alpha value is -2.07. The molecule has 0 heterocycles. The Balaban J connectivity index is 2.47. The molecular weight excluding hydrogens is 540 g/mol. The molecule has 0 aromatic heterocycles. The maximum Gasteiger partial charge on any atom is 0.244 e. The molecule has 2 rings (SSSR count). The summed E-state index contributed by atoms with van der Waals surface area (Å²) in [6.07, 6.45) is 0.916. The fourth-order valence-electron chi connectivity index (χ4n) is 3.14. The van der Waals surface area contributed by atoms with Gasteiger partial charge < -0.3 is 10.2 Å². The SMILES string of the molecule is C[C@H](C(=O)NC(C)(C)C)N(Cc1ccc(F)cc1)C(=O)CN(c1cc(Cl)c(Cl)cc1Cl)S(C)(=O)=O. The molecule has 0 aliphatic carbocycles. The second-order valence-electron chi connectivity index (χ2n) is 9.05. The number of nitrogens with one attached hydrogen (secondary N) is 1. The van der Waals surface area contributed by atoms with Crippen molar-refractivity contribution in [2.75, 3.05) is 17.1 Å². The van der Waals surface area contributed by atoms with E-state index in [1.807, 2.05) is 0 Å². The van der Waals surface area contributed by atoms with Gasteiger partial charge in [0.05, 0.1) is 27.0 Å². The van der Waals surface area contributed by atoms with Gasteiger partial charge in [0.1, 0.15) is 18.4 Å². The van der Waals surface area contributed by atoms with Crippen LogP contribution in [0.2, 0.25) is 15.1 Å². The van der Waals surface area contributed by atoms with Gasteiger partial charge in [-0.1, -0.05) is 46.9 Å². The molecule has 2 aromatic carbocycles. The predicted molar refractivity (Wildman–Crippen MR) is 138 cm³/mol. The summed E-state index contributed by atoms with van der Waals surface area (Å²) >= 11 is 18.2. The van der Waals surface area contributed by atoms with Gasteiger partial charge in [0.2, 0.25) is 21.8 Å². The van der Waals surface area contributed by atoms with Crippen LogP contribution in [-0.2, 0) is 26.2 Å². The molecule has 0 saturated heterocycles. The summed E-state index contributed by atoms with van der Waals surface area (Å²) < 4.78 is 39.4. The minimum Gasteiger partial charge on any atom is -0.350 e. The third kappa shape index (κ3) is 8.24. The summed E-state index contributed by atoms with van der Waals surface area (Å²) in [5.74, 6) is -1.58. The van der Waals surface area contributed by atoms with Gasteiger partial charge in [0.25, 0.3) is 0 Å². The average molecular weight is 567 g/mol. The zero-order valence-electron chi connectivity index (χ0n) is 19.9. The van der Waals surface area contributed by atoms with Gasteiger partial charge in [-0.2, -0.15) is 0 Å². The third-order valence-corrected chi connectivity index (χ3v) is 7.02. The van der Waals surface area contributed by atoms with Crippen molar-refractivity contribution in [2.45, 2.75) is 45.8 Å². The number of nitrogens with zero attached hydrogens (tertiary/aromatic N) is 2. The average Bonchev–Trinajstić information content (AvgIpc) is 2.71. The first-order valence-corrected chi connectivity index (χ1v) is 13.5. The Labute approximate surface area is 220 Å². The van der Waals surface area contributed by atoms with Crippen molar-refractivity contribution in [1.82, 2.24) is 10.2 Å². The molecule has 2 amide bonds. The number of rotatable bonds is 8. The lowest BCUT2D eigenvalue weighted by Crippen LogP contribution is -2.54. The van der Waals surface area contributed by atoms with Crippen LogP contribution >= 0.6 is 34.8 Å². The van der Waals surface area contributed by atoms with Crippen molar-refractivity contribution in [3.8, 4) is 0 Å². The summed E-state index contributed by atoms with van der Waals surface area (Å²) in [5, 5.41) is 2.95. The van der Waals surface area contributed by atoms with Crippen molar-refractivity contribution in [2.24, 2.45) is 0 Å². The van der Waals surface area contributed by atoms with Gasteiger partial charge in [-0.15, -0.1) is 0 Å². The van der Waals surface area contributed by atoms with Crippen LogP contribution in [0.3, 0.4) is 0 Å². The maximum atomic E-state index is 13.5. The molecule has 7 nitrogen and oxygen atoms in total. The molecule has 12 heteroatoms. The van der Waals surface area contributed by atoms with Crippen molar-refractivity contribution in [1.29, 1.82) is 0 Å². The van der Waals surface area contributed by atoms with Crippen molar-refractivity contribution >= 4 is 62.3 Å². The Morgan fingerprint density at radius 2 is 1.57 bits per heavy atom. The van der Waals surface area contributed by atoms with Crippen LogP contribution < -0.4 is 9.62 Å². The highest BCUT2D eigenvalue weighted by Gasteiger charge is 2.32. The normalized spacial score (nSPS) is 12.7. The summed E-state index contributed by atoms with van der Waals surface area (Å²) in [5.41, 5.74) is -0.0541. The van der Waals surface area contributed by atoms with Crippen LogP contribution in [0, 0.1) is 5.82 Å². The lowest BCUT2D eigenvalue weighted by Gasteiger charge is -2.33. The van der Waals surface area contributed by atoms with Crippen LogP contribution in [0.15, 0.2) is 36.4 Å². The molecule has 0 bridgehead atoms. The predicted octanol–water partition coefficient (Wildman–Crippen LogP) is 4.88. The van der Waals surface area contributed by atoms with Crippen LogP contribution in [0.5, 0.6) is 0 Å². The topological polar surface area (TPSA) is 86.8 Å². The highest BCUT2D eigenvalue weighted by atomic mass is 35.5. The number of carbonyl (C=O) groups is 2. The molecular formula is C23H27Cl3FN3O4S. The molecule has 0 unspecified atom stereocenters. The van der Waals surface area contributed by atoms with E-state index in [1.54, 1.807) is 20.8 Å². The van der Waals surface area contributed by atoms with E-state index < -0.39 is 45.8 Å². The van der Waals surface area contributed by atoms with E-state index in [-0.39, 0.29) is 27.3 Å². The summed E-state index contributed by atoms with van der Waals surface area (Å²) in [7, 11) is -4.00. The smallest absolute Gasteiger partial charge is 0.244 e. The van der Waals surface area contributed by atoms with Gasteiger partial charge in [-0.05, 0) is 57.5 Å². The molecule has 0 saturated carbocycles. The van der Waals surface area contributed by atoms with Crippen LogP contribution in [0.25, 0.3) is 0 Å². The minimum absolute atomic E-state index is 0.0266. The van der Waals surface area contributed by atoms with E-state index in [0.29, 0.717) is 5.56 Å². The molecule has 2 aromatic rings. The number of amides is 2. The zero-order valence-corrected chi connectivity index (χ0v) is 23.0. The molecule has 35 heavy (non-hydrogen) atoms. The number of hydrogen-bond acceptors (Lipinski definition) is 4. The summed E-state index contributed by atoms with van der Waals surface area (Å²) in [6.45, 7) is 6.18. The van der Waals surface area contributed by atoms with Crippen LogP contribution in [0.1, 0.15) is 33.3 Å². The van der Waals surface area contributed by atoms with Gasteiger partial charge >= 0.3 is 0 Å². The molecule has 0 spiro atoms. The monoisotopic (exact) mass is 565 g/mol. The van der Waals surface area contributed by atoms with E-state index in [0.717, 1.165) is 10.6 Å². The minimum atomic E-state index is -4.00. The van der Waals surface area contributed by atoms with Crippen molar-refractivity contribution in [3.05, 3.63) is 62.8 Å².